The lowest BCUT2D eigenvalue weighted by Gasteiger charge is -2.23. The number of hydrogen-bond acceptors (Lipinski definition) is 3. The second-order valence-corrected chi connectivity index (χ2v) is 7.60. The number of guanidine groups is 1. The molecule has 2 heterocycles. The lowest BCUT2D eigenvalue weighted by Crippen LogP contribution is -2.42. The summed E-state index contributed by atoms with van der Waals surface area (Å²) < 4.78 is 27.1. The topological polar surface area (TPSA) is 69.9 Å². The molecular weight excluding hydrogens is 429 g/mol. The molecule has 0 aromatic carbocycles. The molecule has 0 spiro atoms. The summed E-state index contributed by atoms with van der Waals surface area (Å²) in [4.78, 5) is 6.27. The average molecular weight is 455 g/mol. The van der Waals surface area contributed by atoms with Crippen molar-refractivity contribution in [1.29, 1.82) is 0 Å². The first kappa shape index (κ1) is 20.2. The van der Waals surface area contributed by atoms with Crippen LogP contribution in [-0.2, 0) is 23.6 Å². The molecule has 0 radical (unpaired) electrons. The van der Waals surface area contributed by atoms with Gasteiger partial charge in [0.2, 0.25) is 10.0 Å². The van der Waals surface area contributed by atoms with Gasteiger partial charge in [-0.1, -0.05) is 0 Å². The molecular formula is C14H26IN5O2S. The predicted molar refractivity (Wildman–Crippen MR) is 104 cm³/mol. The van der Waals surface area contributed by atoms with Gasteiger partial charge in [0.15, 0.2) is 5.96 Å². The van der Waals surface area contributed by atoms with Crippen molar-refractivity contribution in [1.82, 2.24) is 19.1 Å². The minimum atomic E-state index is -3.02. The van der Waals surface area contributed by atoms with Crippen LogP contribution in [0.4, 0.5) is 0 Å². The van der Waals surface area contributed by atoms with Crippen molar-refractivity contribution in [2.24, 2.45) is 12.0 Å². The first-order chi connectivity index (χ1) is 10.4. The maximum atomic E-state index is 11.7. The first-order valence-corrected chi connectivity index (χ1v) is 9.05. The fraction of sp³-hybridized carbons (Fsp3) is 0.643. The number of sulfonamides is 1. The number of nitrogens with one attached hydrogen (secondary N) is 1. The minimum Gasteiger partial charge on any atom is -0.355 e. The zero-order valence-corrected chi connectivity index (χ0v) is 17.0. The van der Waals surface area contributed by atoms with E-state index in [-0.39, 0.29) is 29.7 Å². The second-order valence-electron chi connectivity index (χ2n) is 5.51. The van der Waals surface area contributed by atoms with Crippen molar-refractivity contribution < 1.29 is 8.42 Å². The van der Waals surface area contributed by atoms with Crippen molar-refractivity contribution in [3.63, 3.8) is 0 Å². The van der Waals surface area contributed by atoms with Gasteiger partial charge in [0, 0.05) is 52.7 Å². The van der Waals surface area contributed by atoms with Crippen LogP contribution in [-0.4, -0.2) is 67.6 Å². The van der Waals surface area contributed by atoms with Crippen LogP contribution in [0.1, 0.15) is 12.1 Å². The molecule has 0 saturated carbocycles. The highest BCUT2D eigenvalue weighted by molar-refractivity contribution is 14.0. The molecule has 2 rings (SSSR count). The number of rotatable bonds is 5. The molecule has 0 bridgehead atoms. The smallest absolute Gasteiger partial charge is 0.214 e. The third kappa shape index (κ3) is 5.35. The van der Waals surface area contributed by atoms with Crippen LogP contribution in [0, 0.1) is 0 Å². The fourth-order valence-corrected chi connectivity index (χ4v) is 4.13. The van der Waals surface area contributed by atoms with E-state index in [0.717, 1.165) is 18.9 Å². The number of nitrogens with zero attached hydrogens (tertiary/aromatic N) is 4. The molecule has 1 saturated heterocycles. The highest BCUT2D eigenvalue weighted by Gasteiger charge is 2.27. The van der Waals surface area contributed by atoms with Crippen LogP contribution < -0.4 is 5.32 Å². The van der Waals surface area contributed by atoms with Gasteiger partial charge in [0.05, 0.1) is 12.3 Å². The van der Waals surface area contributed by atoms with E-state index >= 15 is 0 Å². The summed E-state index contributed by atoms with van der Waals surface area (Å²) >= 11 is 0. The Bertz CT molecular complexity index is 629. The van der Waals surface area contributed by atoms with E-state index in [1.165, 1.54) is 5.69 Å². The summed E-state index contributed by atoms with van der Waals surface area (Å²) in [6.07, 6.45) is 2.74. The zero-order chi connectivity index (χ0) is 16.2. The van der Waals surface area contributed by atoms with Crippen molar-refractivity contribution in [2.45, 2.75) is 13.0 Å². The third-order valence-electron chi connectivity index (χ3n) is 3.87. The third-order valence-corrected chi connectivity index (χ3v) is 5.83. The highest BCUT2D eigenvalue weighted by atomic mass is 127. The Hall–Kier alpha value is -0.810. The summed E-state index contributed by atoms with van der Waals surface area (Å²) in [5.74, 6) is 1.03. The lowest BCUT2D eigenvalue weighted by atomic mass is 10.4. The first-order valence-electron chi connectivity index (χ1n) is 7.44. The molecule has 0 amide bonds. The number of halogens is 1. The minimum absolute atomic E-state index is 0. The Morgan fingerprint density at radius 2 is 2.22 bits per heavy atom. The Balaban J connectivity index is 0.00000264. The number of aromatic nitrogens is 1. The van der Waals surface area contributed by atoms with E-state index in [2.05, 4.69) is 20.9 Å². The highest BCUT2D eigenvalue weighted by Crippen LogP contribution is 2.11. The van der Waals surface area contributed by atoms with E-state index in [9.17, 15) is 8.42 Å². The standard InChI is InChI=1S/C14H25N5O2S.HI/c1-15-14(18(3)12-13-6-4-8-17(13)2)16-7-10-19-9-5-11-22(19,20)21;/h4,6,8H,5,7,9-12H2,1-3H3,(H,15,16);1H. The van der Waals surface area contributed by atoms with Gasteiger partial charge in [-0.2, -0.15) is 0 Å². The molecule has 0 atom stereocenters. The van der Waals surface area contributed by atoms with Crippen LogP contribution in [0.25, 0.3) is 0 Å². The molecule has 0 aliphatic carbocycles. The molecule has 1 aliphatic rings. The Morgan fingerprint density at radius 3 is 2.74 bits per heavy atom. The summed E-state index contributed by atoms with van der Waals surface area (Å²) in [7, 11) is 2.69. The van der Waals surface area contributed by atoms with Gasteiger partial charge in [-0.15, -0.1) is 24.0 Å². The maximum absolute atomic E-state index is 11.7. The SMILES string of the molecule is CN=C(NCCN1CCCS1(=O)=O)N(C)Cc1cccn1C.I. The van der Waals surface area contributed by atoms with Crippen LogP contribution >= 0.6 is 24.0 Å². The van der Waals surface area contributed by atoms with Gasteiger partial charge >= 0.3 is 0 Å². The molecule has 9 heteroatoms. The van der Waals surface area contributed by atoms with E-state index in [1.807, 2.05) is 31.3 Å². The van der Waals surface area contributed by atoms with Crippen molar-refractivity contribution in [2.75, 3.05) is 39.5 Å². The van der Waals surface area contributed by atoms with E-state index in [0.29, 0.717) is 19.6 Å². The van der Waals surface area contributed by atoms with Crippen LogP contribution in [0.2, 0.25) is 0 Å². The van der Waals surface area contributed by atoms with Gasteiger partial charge in [0.1, 0.15) is 0 Å². The molecule has 1 aromatic heterocycles. The lowest BCUT2D eigenvalue weighted by molar-refractivity contribution is 0.429. The van der Waals surface area contributed by atoms with E-state index in [1.54, 1.807) is 11.4 Å². The fourth-order valence-electron chi connectivity index (χ4n) is 2.60. The van der Waals surface area contributed by atoms with Crippen LogP contribution in [0.5, 0.6) is 0 Å². The monoisotopic (exact) mass is 455 g/mol. The van der Waals surface area contributed by atoms with Gasteiger partial charge < -0.3 is 14.8 Å². The summed E-state index contributed by atoms with van der Waals surface area (Å²) in [6, 6.07) is 4.08. The van der Waals surface area contributed by atoms with Gasteiger partial charge in [-0.3, -0.25) is 4.99 Å². The molecule has 1 aromatic rings. The largest absolute Gasteiger partial charge is 0.355 e. The number of hydrogen-bond donors (Lipinski definition) is 1. The zero-order valence-electron chi connectivity index (χ0n) is 13.9. The van der Waals surface area contributed by atoms with Gasteiger partial charge in [-0.25, -0.2) is 12.7 Å². The van der Waals surface area contributed by atoms with E-state index < -0.39 is 10.0 Å². The normalized spacial score (nSPS) is 17.8. The van der Waals surface area contributed by atoms with Gasteiger partial charge in [0.25, 0.3) is 0 Å². The molecule has 23 heavy (non-hydrogen) atoms. The molecule has 132 valence electrons. The maximum Gasteiger partial charge on any atom is 0.214 e. The van der Waals surface area contributed by atoms with Crippen LogP contribution in [0.3, 0.4) is 0 Å². The van der Waals surface area contributed by atoms with E-state index in [4.69, 9.17) is 0 Å². The van der Waals surface area contributed by atoms with Crippen molar-refractivity contribution in [3.8, 4) is 0 Å². The summed E-state index contributed by atoms with van der Waals surface area (Å²) in [6.45, 7) is 2.41. The number of aliphatic imine (C=N–C) groups is 1. The Morgan fingerprint density at radius 1 is 1.48 bits per heavy atom. The Labute approximate surface area is 155 Å². The number of aryl methyl sites for hydroxylation is 1. The molecule has 1 fully saturated rings. The molecule has 7 nitrogen and oxygen atoms in total. The average Bonchev–Trinajstić information content (AvgIpc) is 3.01. The summed E-state index contributed by atoms with van der Waals surface area (Å²) in [5.41, 5.74) is 1.19. The quantitative estimate of drug-likeness (QED) is 0.403. The molecule has 1 aliphatic heterocycles. The van der Waals surface area contributed by atoms with Crippen molar-refractivity contribution in [3.05, 3.63) is 24.0 Å². The molecule has 0 unspecified atom stereocenters. The predicted octanol–water partition coefficient (Wildman–Crippen LogP) is 0.686. The second kappa shape index (κ2) is 8.88. The molecule has 1 N–H and O–H groups in total. The summed E-state index contributed by atoms with van der Waals surface area (Å²) in [5, 5.41) is 3.23. The van der Waals surface area contributed by atoms with Gasteiger partial charge in [-0.05, 0) is 18.6 Å². The van der Waals surface area contributed by atoms with Crippen LogP contribution in [0.15, 0.2) is 23.3 Å². The van der Waals surface area contributed by atoms with Crippen molar-refractivity contribution >= 4 is 40.0 Å². The Kier molecular flexibility index (Phi) is 7.81.